The van der Waals surface area contributed by atoms with Crippen molar-refractivity contribution in [2.24, 2.45) is 0 Å². The molecule has 1 heterocycles. The molecular weight excluding hydrogens is 347 g/mol. The maximum atomic E-state index is 10.0. The van der Waals surface area contributed by atoms with Gasteiger partial charge in [0.15, 0.2) is 0 Å². The van der Waals surface area contributed by atoms with Crippen LogP contribution >= 0.6 is 0 Å². The summed E-state index contributed by atoms with van der Waals surface area (Å²) in [6.07, 6.45) is 10.7. The summed E-state index contributed by atoms with van der Waals surface area (Å²) in [5, 5.41) is 20.0. The molecule has 1 aliphatic rings. The molecule has 0 aliphatic carbocycles. The van der Waals surface area contributed by atoms with Crippen molar-refractivity contribution in [1.82, 2.24) is 0 Å². The second-order valence-electron chi connectivity index (χ2n) is 7.92. The second-order valence-corrected chi connectivity index (χ2v) is 7.92. The zero-order chi connectivity index (χ0) is 20.7. The van der Waals surface area contributed by atoms with Gasteiger partial charge in [-0.05, 0) is 79.5 Å². The molecular formula is C24H35BO3. The van der Waals surface area contributed by atoms with Crippen LogP contribution in [0.4, 0.5) is 0 Å². The van der Waals surface area contributed by atoms with Gasteiger partial charge in [-0.3, -0.25) is 0 Å². The van der Waals surface area contributed by atoms with Gasteiger partial charge in [0.05, 0.1) is 6.10 Å². The van der Waals surface area contributed by atoms with Crippen molar-refractivity contribution < 1.29 is 14.8 Å². The Labute approximate surface area is 171 Å². The van der Waals surface area contributed by atoms with Gasteiger partial charge in [0.2, 0.25) is 0 Å². The molecule has 1 atom stereocenters. The summed E-state index contributed by atoms with van der Waals surface area (Å²) in [6, 6.07) is 4.07. The van der Waals surface area contributed by atoms with Gasteiger partial charge in [0.1, 0.15) is 5.75 Å². The van der Waals surface area contributed by atoms with E-state index in [-0.39, 0.29) is 6.10 Å². The molecule has 0 amide bonds. The van der Waals surface area contributed by atoms with Gasteiger partial charge in [-0.2, -0.15) is 0 Å². The number of phenols is 1. The fourth-order valence-corrected chi connectivity index (χ4v) is 3.93. The smallest absolute Gasteiger partial charge is 0.458 e. The molecule has 0 radical (unpaired) electrons. The molecule has 152 valence electrons. The SMILES string of the molecule is C=C(CCC)C1=CCB(O)OC1CC/C(=C/c1cc(C)c(O)c(C)c1)CCC. The number of benzene rings is 1. The predicted molar refractivity (Wildman–Crippen MR) is 119 cm³/mol. The largest absolute Gasteiger partial charge is 0.507 e. The summed E-state index contributed by atoms with van der Waals surface area (Å²) in [5.41, 5.74) is 6.61. The van der Waals surface area contributed by atoms with Crippen molar-refractivity contribution in [3.05, 3.63) is 58.2 Å². The van der Waals surface area contributed by atoms with Crippen LogP contribution in [0.3, 0.4) is 0 Å². The van der Waals surface area contributed by atoms with E-state index >= 15 is 0 Å². The van der Waals surface area contributed by atoms with E-state index < -0.39 is 7.12 Å². The Morgan fingerprint density at radius 1 is 1.18 bits per heavy atom. The molecule has 3 nitrogen and oxygen atoms in total. The fraction of sp³-hybridized carbons (Fsp3) is 0.500. The van der Waals surface area contributed by atoms with Crippen LogP contribution in [-0.4, -0.2) is 23.4 Å². The molecule has 0 saturated carbocycles. The van der Waals surface area contributed by atoms with Gasteiger partial charge < -0.3 is 14.8 Å². The first-order valence-corrected chi connectivity index (χ1v) is 10.6. The third-order valence-electron chi connectivity index (χ3n) is 5.35. The summed E-state index contributed by atoms with van der Waals surface area (Å²) in [7, 11) is -0.718. The first-order chi connectivity index (χ1) is 13.3. The highest BCUT2D eigenvalue weighted by atomic mass is 16.5. The van der Waals surface area contributed by atoms with Crippen molar-refractivity contribution in [3.8, 4) is 5.75 Å². The molecule has 28 heavy (non-hydrogen) atoms. The molecule has 0 bridgehead atoms. The van der Waals surface area contributed by atoms with Gasteiger partial charge in [-0.15, -0.1) is 0 Å². The predicted octanol–water partition coefficient (Wildman–Crippen LogP) is 6.13. The van der Waals surface area contributed by atoms with Crippen LogP contribution in [0.2, 0.25) is 6.32 Å². The van der Waals surface area contributed by atoms with Crippen LogP contribution in [0.5, 0.6) is 5.75 Å². The third kappa shape index (κ3) is 6.12. The molecule has 4 heteroatoms. The Kier molecular flexibility index (Phi) is 8.59. The van der Waals surface area contributed by atoms with Crippen LogP contribution in [-0.2, 0) is 4.65 Å². The first-order valence-electron chi connectivity index (χ1n) is 10.6. The van der Waals surface area contributed by atoms with E-state index in [1.807, 2.05) is 26.0 Å². The average molecular weight is 382 g/mol. The van der Waals surface area contributed by atoms with Gasteiger partial charge in [0, 0.05) is 6.32 Å². The molecule has 2 N–H and O–H groups in total. The van der Waals surface area contributed by atoms with Crippen molar-refractivity contribution in [1.29, 1.82) is 0 Å². The maximum Gasteiger partial charge on any atom is 0.458 e. The lowest BCUT2D eigenvalue weighted by Crippen LogP contribution is -2.31. The fourth-order valence-electron chi connectivity index (χ4n) is 3.93. The Hall–Kier alpha value is -1.78. The van der Waals surface area contributed by atoms with Crippen molar-refractivity contribution in [2.45, 2.75) is 78.6 Å². The van der Waals surface area contributed by atoms with Gasteiger partial charge in [-0.1, -0.05) is 51.0 Å². The Morgan fingerprint density at radius 2 is 1.82 bits per heavy atom. The average Bonchev–Trinajstić information content (AvgIpc) is 2.64. The molecule has 0 saturated heterocycles. The van der Waals surface area contributed by atoms with E-state index in [0.29, 0.717) is 12.1 Å². The van der Waals surface area contributed by atoms with Crippen LogP contribution in [0.1, 0.15) is 69.1 Å². The van der Waals surface area contributed by atoms with Crippen molar-refractivity contribution >= 4 is 13.2 Å². The minimum absolute atomic E-state index is 0.0913. The first kappa shape index (κ1) is 22.5. The lowest BCUT2D eigenvalue weighted by molar-refractivity contribution is 0.182. The summed E-state index contributed by atoms with van der Waals surface area (Å²) in [5.74, 6) is 0.378. The number of rotatable bonds is 9. The molecule has 1 unspecified atom stereocenters. The number of aromatic hydroxyl groups is 1. The number of phenolic OH excluding ortho intramolecular Hbond substituents is 1. The van der Waals surface area contributed by atoms with E-state index in [0.717, 1.165) is 60.8 Å². The monoisotopic (exact) mass is 382 g/mol. The van der Waals surface area contributed by atoms with E-state index in [2.05, 4.69) is 32.6 Å². The van der Waals surface area contributed by atoms with Crippen LogP contribution < -0.4 is 0 Å². The third-order valence-corrected chi connectivity index (χ3v) is 5.35. The summed E-state index contributed by atoms with van der Waals surface area (Å²) >= 11 is 0. The molecule has 0 aromatic heterocycles. The maximum absolute atomic E-state index is 10.0. The molecule has 1 aromatic carbocycles. The quantitative estimate of drug-likeness (QED) is 0.505. The normalized spacial score (nSPS) is 17.6. The summed E-state index contributed by atoms with van der Waals surface area (Å²) in [4.78, 5) is 0. The number of aryl methyl sites for hydroxylation is 2. The number of hydrogen-bond donors (Lipinski definition) is 2. The minimum atomic E-state index is -0.718. The molecule has 0 spiro atoms. The van der Waals surface area contributed by atoms with E-state index in [1.54, 1.807) is 0 Å². The Bertz CT molecular complexity index is 725. The highest BCUT2D eigenvalue weighted by Crippen LogP contribution is 2.31. The van der Waals surface area contributed by atoms with Gasteiger partial charge in [0.25, 0.3) is 0 Å². The highest BCUT2D eigenvalue weighted by Gasteiger charge is 2.27. The zero-order valence-electron chi connectivity index (χ0n) is 17.9. The lowest BCUT2D eigenvalue weighted by Gasteiger charge is -2.28. The lowest BCUT2D eigenvalue weighted by atomic mass is 9.77. The number of hydrogen-bond acceptors (Lipinski definition) is 3. The van der Waals surface area contributed by atoms with Crippen LogP contribution in [0, 0.1) is 13.8 Å². The van der Waals surface area contributed by atoms with E-state index in [1.165, 1.54) is 11.1 Å². The van der Waals surface area contributed by atoms with E-state index in [4.69, 9.17) is 4.65 Å². The second kappa shape index (κ2) is 10.7. The highest BCUT2D eigenvalue weighted by molar-refractivity contribution is 6.43. The standard InChI is InChI=1S/C24H35BO3/c1-6-8-17(3)22-12-13-25(27)28-23(22)11-10-20(9-7-2)16-21-14-18(4)24(26)19(5)15-21/h12,14-16,23,26-27H,3,6-11,13H2,1-2,4-5H3/b20-16+. The van der Waals surface area contributed by atoms with Crippen molar-refractivity contribution in [3.63, 3.8) is 0 Å². The van der Waals surface area contributed by atoms with Gasteiger partial charge in [-0.25, -0.2) is 0 Å². The van der Waals surface area contributed by atoms with Gasteiger partial charge >= 0.3 is 7.12 Å². The molecule has 1 aromatic rings. The molecule has 1 aliphatic heterocycles. The summed E-state index contributed by atoms with van der Waals surface area (Å²) < 4.78 is 5.87. The van der Waals surface area contributed by atoms with Crippen LogP contribution in [0.25, 0.3) is 6.08 Å². The topological polar surface area (TPSA) is 49.7 Å². The van der Waals surface area contributed by atoms with E-state index in [9.17, 15) is 10.1 Å². The molecule has 0 fully saturated rings. The molecule has 2 rings (SSSR count). The van der Waals surface area contributed by atoms with Crippen LogP contribution in [0.15, 0.2) is 41.5 Å². The Balaban J connectivity index is 2.16. The zero-order valence-corrected chi connectivity index (χ0v) is 17.9. The Morgan fingerprint density at radius 3 is 2.43 bits per heavy atom. The summed E-state index contributed by atoms with van der Waals surface area (Å²) in [6.45, 7) is 12.5. The minimum Gasteiger partial charge on any atom is -0.507 e. The van der Waals surface area contributed by atoms with Crippen molar-refractivity contribution in [2.75, 3.05) is 0 Å². The number of allylic oxidation sites excluding steroid dienone is 2.